The van der Waals surface area contributed by atoms with Gasteiger partial charge in [0.1, 0.15) is 12.6 Å². The second-order valence-electron chi connectivity index (χ2n) is 11.9. The summed E-state index contributed by atoms with van der Waals surface area (Å²) in [7, 11) is 0. The van der Waals surface area contributed by atoms with Gasteiger partial charge < -0.3 is 57.1 Å². The summed E-state index contributed by atoms with van der Waals surface area (Å²) in [5.41, 5.74) is 4.84. The first-order valence-corrected chi connectivity index (χ1v) is 17.3. The SMILES string of the molecule is C#CCOCCOCCOCCNc1nc(N2CCOCC2)nc(N2CCN(C(=O)C(C(C)CC)n3cc(CCCC[NH3+])nn3)CC2)n1.[Cl-]. The molecule has 2 aromatic rings. The molecule has 2 fully saturated rings. The number of aromatic nitrogens is 6. The van der Waals surface area contributed by atoms with Crippen LogP contribution in [0.3, 0.4) is 0 Å². The van der Waals surface area contributed by atoms with Gasteiger partial charge in [0, 0.05) is 52.0 Å². The molecule has 4 N–H and O–H groups in total. The number of hydrogen-bond acceptors (Lipinski definition) is 13. The van der Waals surface area contributed by atoms with Crippen LogP contribution >= 0.6 is 0 Å². The minimum Gasteiger partial charge on any atom is -1.00 e. The van der Waals surface area contributed by atoms with Crippen molar-refractivity contribution < 1.29 is 41.9 Å². The van der Waals surface area contributed by atoms with Crippen LogP contribution in [0.4, 0.5) is 17.8 Å². The number of amides is 1. The third-order valence-corrected chi connectivity index (χ3v) is 8.45. The van der Waals surface area contributed by atoms with Gasteiger partial charge in [-0.1, -0.05) is 31.4 Å². The van der Waals surface area contributed by atoms with E-state index in [-0.39, 0.29) is 30.8 Å². The molecule has 0 aliphatic carbocycles. The molecule has 0 aromatic carbocycles. The number of nitrogens with one attached hydrogen (secondary N) is 1. The zero-order valence-corrected chi connectivity index (χ0v) is 29.9. The Labute approximate surface area is 296 Å². The zero-order valence-electron chi connectivity index (χ0n) is 29.1. The van der Waals surface area contributed by atoms with Gasteiger partial charge in [0.25, 0.3) is 0 Å². The molecule has 0 bridgehead atoms. The fraction of sp³-hybridized carbons (Fsp3) is 0.750. The molecule has 2 atom stereocenters. The van der Waals surface area contributed by atoms with E-state index in [9.17, 15) is 4.79 Å². The first-order valence-electron chi connectivity index (χ1n) is 17.3. The van der Waals surface area contributed by atoms with E-state index in [1.807, 2.05) is 11.1 Å². The lowest BCUT2D eigenvalue weighted by Gasteiger charge is -2.37. The van der Waals surface area contributed by atoms with Crippen LogP contribution in [0.5, 0.6) is 0 Å². The highest BCUT2D eigenvalue weighted by molar-refractivity contribution is 5.81. The molecule has 2 aliphatic heterocycles. The molecule has 49 heavy (non-hydrogen) atoms. The lowest BCUT2D eigenvalue weighted by atomic mass is 9.97. The van der Waals surface area contributed by atoms with Crippen molar-refractivity contribution in [3.05, 3.63) is 11.9 Å². The van der Waals surface area contributed by atoms with Crippen LogP contribution in [0, 0.1) is 18.3 Å². The Bertz CT molecular complexity index is 1270. The first-order chi connectivity index (χ1) is 23.5. The van der Waals surface area contributed by atoms with Gasteiger partial charge in [0.2, 0.25) is 23.8 Å². The first kappa shape index (κ1) is 40.1. The van der Waals surface area contributed by atoms with Crippen LogP contribution < -0.4 is 33.3 Å². The monoisotopic (exact) mass is 707 g/mol. The summed E-state index contributed by atoms with van der Waals surface area (Å²) >= 11 is 0. The zero-order chi connectivity index (χ0) is 34.0. The third-order valence-electron chi connectivity index (χ3n) is 8.45. The average Bonchev–Trinajstić information content (AvgIpc) is 3.59. The molecule has 16 nitrogen and oxygen atoms in total. The number of ether oxygens (including phenoxy) is 4. The molecule has 2 aromatic heterocycles. The fourth-order valence-corrected chi connectivity index (χ4v) is 5.49. The highest BCUT2D eigenvalue weighted by atomic mass is 35.5. The second-order valence-corrected chi connectivity index (χ2v) is 11.9. The molecule has 0 radical (unpaired) electrons. The minimum atomic E-state index is -0.391. The van der Waals surface area contributed by atoms with Crippen LogP contribution in [0.2, 0.25) is 0 Å². The fourth-order valence-electron chi connectivity index (χ4n) is 5.49. The maximum Gasteiger partial charge on any atom is 0.247 e. The number of anilines is 3. The van der Waals surface area contributed by atoms with Crippen molar-refractivity contribution in [1.82, 2.24) is 34.8 Å². The Morgan fingerprint density at radius 2 is 1.63 bits per heavy atom. The molecule has 2 unspecified atom stereocenters. The van der Waals surface area contributed by atoms with E-state index in [1.165, 1.54) is 0 Å². The van der Waals surface area contributed by atoms with E-state index in [0.717, 1.165) is 37.9 Å². The van der Waals surface area contributed by atoms with Crippen molar-refractivity contribution >= 4 is 23.8 Å². The van der Waals surface area contributed by atoms with Crippen molar-refractivity contribution in [3.63, 3.8) is 0 Å². The Kier molecular flexibility index (Phi) is 18.3. The summed E-state index contributed by atoms with van der Waals surface area (Å²) in [6, 6.07) is -0.391. The number of rotatable bonds is 21. The van der Waals surface area contributed by atoms with Crippen LogP contribution in [0.1, 0.15) is 44.8 Å². The van der Waals surface area contributed by atoms with Gasteiger partial charge in [-0.2, -0.15) is 15.0 Å². The Morgan fingerprint density at radius 3 is 2.29 bits per heavy atom. The summed E-state index contributed by atoms with van der Waals surface area (Å²) in [5, 5.41) is 12.0. The molecular formula is C32H54ClN11O5. The van der Waals surface area contributed by atoms with E-state index in [4.69, 9.17) is 40.3 Å². The quantitative estimate of drug-likeness (QED) is 0.0988. The van der Waals surface area contributed by atoms with Crippen LogP contribution in [0.15, 0.2) is 6.20 Å². The smallest absolute Gasteiger partial charge is 0.247 e. The summed E-state index contributed by atoms with van der Waals surface area (Å²) in [5.74, 6) is 4.30. The summed E-state index contributed by atoms with van der Waals surface area (Å²) in [6.07, 6.45) is 10.9. The van der Waals surface area contributed by atoms with Crippen LogP contribution in [0.25, 0.3) is 0 Å². The van der Waals surface area contributed by atoms with E-state index < -0.39 is 6.04 Å². The van der Waals surface area contributed by atoms with Gasteiger partial charge in [0.15, 0.2) is 0 Å². The van der Waals surface area contributed by atoms with Crippen molar-refractivity contribution in [2.75, 3.05) is 120 Å². The highest BCUT2D eigenvalue weighted by Gasteiger charge is 2.33. The number of terminal acetylenes is 1. The number of hydrogen-bond donors (Lipinski definition) is 2. The standard InChI is InChI=1S/C32H53N11O5.ClH/c1-4-17-45-21-23-48-24-22-46-18-10-34-30-35-31(37-32(36-30)42-15-19-47-20-16-42)41-13-11-40(12-14-41)29(44)28(26(3)5-2)43-25-27(38-39-43)8-6-7-9-33;/h1,25-26,28H,5-24,33H2,2-3H3,(H,34,35,36,37);1H. The number of halogens is 1. The van der Waals surface area contributed by atoms with Crippen molar-refractivity contribution in [1.29, 1.82) is 0 Å². The lowest BCUT2D eigenvalue weighted by Crippen LogP contribution is -3.00. The van der Waals surface area contributed by atoms with Crippen LogP contribution in [-0.2, 0) is 30.2 Å². The number of carbonyl (C=O) groups is 1. The Balaban J connectivity index is 0.00000650. The van der Waals surface area contributed by atoms with E-state index in [2.05, 4.69) is 50.9 Å². The van der Waals surface area contributed by atoms with Crippen molar-refractivity contribution in [3.8, 4) is 12.3 Å². The largest absolute Gasteiger partial charge is 1.00 e. The third kappa shape index (κ3) is 12.8. The van der Waals surface area contributed by atoms with Gasteiger partial charge in [0.05, 0.1) is 58.5 Å². The van der Waals surface area contributed by atoms with Gasteiger partial charge in [-0.15, -0.1) is 11.5 Å². The molecule has 0 spiro atoms. The molecule has 17 heteroatoms. The number of aryl methyl sites for hydroxylation is 1. The van der Waals surface area contributed by atoms with E-state index in [0.29, 0.717) is 110 Å². The maximum atomic E-state index is 13.9. The van der Waals surface area contributed by atoms with Crippen molar-refractivity contribution in [2.24, 2.45) is 5.92 Å². The molecule has 1 amide bonds. The number of quaternary nitrogens is 1. The molecule has 274 valence electrons. The van der Waals surface area contributed by atoms with Gasteiger partial charge in [-0.05, 0) is 25.2 Å². The predicted molar refractivity (Wildman–Crippen MR) is 181 cm³/mol. The number of nitrogens with zero attached hydrogens (tertiary/aromatic N) is 9. The Morgan fingerprint density at radius 1 is 0.980 bits per heavy atom. The minimum absolute atomic E-state index is 0. The molecule has 4 rings (SSSR count). The second kappa shape index (κ2) is 22.4. The van der Waals surface area contributed by atoms with Gasteiger partial charge >= 0.3 is 0 Å². The lowest BCUT2D eigenvalue weighted by molar-refractivity contribution is -0.368. The number of morpholine rings is 1. The average molecular weight is 708 g/mol. The van der Waals surface area contributed by atoms with Crippen molar-refractivity contribution in [2.45, 2.75) is 45.6 Å². The van der Waals surface area contributed by atoms with E-state index >= 15 is 0 Å². The number of unbranched alkanes of at least 4 members (excludes halogenated alkanes) is 1. The van der Waals surface area contributed by atoms with Gasteiger partial charge in [-0.3, -0.25) is 4.79 Å². The van der Waals surface area contributed by atoms with Crippen LogP contribution in [-0.4, -0.2) is 146 Å². The molecule has 2 aliphatic rings. The molecule has 4 heterocycles. The maximum absolute atomic E-state index is 13.9. The normalized spacial score (nSPS) is 16.2. The topological polar surface area (TPSA) is 173 Å². The Hall–Kier alpha value is -3.33. The molecular weight excluding hydrogens is 654 g/mol. The van der Waals surface area contributed by atoms with Gasteiger partial charge in [-0.25, -0.2) is 4.68 Å². The summed E-state index contributed by atoms with van der Waals surface area (Å²) in [6.45, 7) is 13.3. The highest BCUT2D eigenvalue weighted by Crippen LogP contribution is 2.25. The van der Waals surface area contributed by atoms with E-state index in [1.54, 1.807) is 4.68 Å². The molecule has 2 saturated heterocycles. The predicted octanol–water partition coefficient (Wildman–Crippen LogP) is -3.10. The summed E-state index contributed by atoms with van der Waals surface area (Å²) in [4.78, 5) is 34.4. The number of carbonyl (C=O) groups excluding carboxylic acids is 1. The number of piperazine rings is 1. The summed E-state index contributed by atoms with van der Waals surface area (Å²) < 4.78 is 23.7. The molecule has 0 saturated carbocycles.